The van der Waals surface area contributed by atoms with E-state index in [1.807, 2.05) is 42.5 Å². The highest BCUT2D eigenvalue weighted by Gasteiger charge is 2.13. The fraction of sp³-hybridized carbons (Fsp3) is 0.143. The monoisotopic (exact) mass is 358 g/mol. The largest absolute Gasteiger partial charge is 0.377 e. The molecule has 0 aliphatic carbocycles. The van der Waals surface area contributed by atoms with Crippen LogP contribution in [0.5, 0.6) is 0 Å². The molecule has 1 unspecified atom stereocenters. The van der Waals surface area contributed by atoms with Crippen LogP contribution in [0.25, 0.3) is 0 Å². The summed E-state index contributed by atoms with van der Waals surface area (Å²) in [7, 11) is 0. The average Bonchev–Trinajstić information content (AvgIpc) is 2.41. The van der Waals surface area contributed by atoms with E-state index < -0.39 is 0 Å². The maximum atomic E-state index is 6.19. The molecule has 2 nitrogen and oxygen atoms in total. The molecule has 0 saturated heterocycles. The van der Waals surface area contributed by atoms with E-state index in [4.69, 9.17) is 28.9 Å². The molecule has 0 aliphatic rings. The van der Waals surface area contributed by atoms with Gasteiger partial charge in [-0.25, -0.2) is 0 Å². The Bertz CT molecular complexity index is 575. The number of nitrogens with two attached hydrogens (primary N) is 1. The predicted octanol–water partition coefficient (Wildman–Crippen LogP) is 4.87. The van der Waals surface area contributed by atoms with Crippen LogP contribution in [0.1, 0.15) is 11.6 Å². The van der Waals surface area contributed by atoms with Gasteiger partial charge in [-0.05, 0) is 45.8 Å². The summed E-state index contributed by atoms with van der Waals surface area (Å²) in [6, 6.07) is 13.3. The Morgan fingerprint density at radius 1 is 1.11 bits per heavy atom. The molecule has 0 amide bonds. The van der Waals surface area contributed by atoms with E-state index in [0.29, 0.717) is 16.6 Å². The SMILES string of the molecule is NCC(Nc1ccc(Cl)c(Br)c1)c1ccccc1Cl. The lowest BCUT2D eigenvalue weighted by molar-refractivity contribution is 0.790. The highest BCUT2D eigenvalue weighted by atomic mass is 79.9. The molecule has 2 rings (SSSR count). The van der Waals surface area contributed by atoms with Gasteiger partial charge in [0.15, 0.2) is 0 Å². The average molecular weight is 360 g/mol. The molecule has 0 saturated carbocycles. The molecule has 5 heteroatoms. The lowest BCUT2D eigenvalue weighted by Crippen LogP contribution is -2.20. The smallest absolute Gasteiger partial charge is 0.0650 e. The van der Waals surface area contributed by atoms with Crippen LogP contribution in [-0.4, -0.2) is 6.54 Å². The maximum Gasteiger partial charge on any atom is 0.0650 e. The molecule has 0 heterocycles. The minimum atomic E-state index is -0.0400. The summed E-state index contributed by atoms with van der Waals surface area (Å²) >= 11 is 15.6. The molecule has 0 aliphatic heterocycles. The zero-order valence-corrected chi connectivity index (χ0v) is 13.1. The van der Waals surface area contributed by atoms with Crippen LogP contribution in [0.15, 0.2) is 46.9 Å². The number of rotatable bonds is 4. The molecule has 0 bridgehead atoms. The van der Waals surface area contributed by atoms with Gasteiger partial charge in [0.25, 0.3) is 0 Å². The third-order valence-electron chi connectivity index (χ3n) is 2.78. The highest BCUT2D eigenvalue weighted by Crippen LogP contribution is 2.29. The first-order valence-electron chi connectivity index (χ1n) is 5.78. The molecule has 3 N–H and O–H groups in total. The van der Waals surface area contributed by atoms with E-state index in [1.54, 1.807) is 0 Å². The lowest BCUT2D eigenvalue weighted by atomic mass is 10.1. The second-order valence-corrected chi connectivity index (χ2v) is 5.75. The molecule has 0 spiro atoms. The van der Waals surface area contributed by atoms with Crippen molar-refractivity contribution in [1.29, 1.82) is 0 Å². The number of anilines is 1. The van der Waals surface area contributed by atoms with E-state index in [1.165, 1.54) is 0 Å². The summed E-state index contributed by atoms with van der Waals surface area (Å²) in [5, 5.41) is 4.74. The van der Waals surface area contributed by atoms with E-state index >= 15 is 0 Å². The fourth-order valence-corrected chi connectivity index (χ4v) is 2.57. The van der Waals surface area contributed by atoms with Crippen LogP contribution in [0.2, 0.25) is 10.0 Å². The van der Waals surface area contributed by atoms with Crippen LogP contribution in [0.4, 0.5) is 5.69 Å². The Morgan fingerprint density at radius 3 is 2.47 bits per heavy atom. The zero-order valence-electron chi connectivity index (χ0n) is 10.0. The zero-order chi connectivity index (χ0) is 13.8. The van der Waals surface area contributed by atoms with Crippen LogP contribution < -0.4 is 11.1 Å². The van der Waals surface area contributed by atoms with Crippen molar-refractivity contribution < 1.29 is 0 Å². The summed E-state index contributed by atoms with van der Waals surface area (Å²) in [5.41, 5.74) is 7.75. The van der Waals surface area contributed by atoms with Gasteiger partial charge in [0.1, 0.15) is 0 Å². The maximum absolute atomic E-state index is 6.19. The first kappa shape index (κ1) is 14.7. The van der Waals surface area contributed by atoms with Crippen LogP contribution in [0, 0.1) is 0 Å². The topological polar surface area (TPSA) is 38.0 Å². The predicted molar refractivity (Wildman–Crippen MR) is 86.0 cm³/mol. The van der Waals surface area contributed by atoms with Crippen LogP contribution >= 0.6 is 39.1 Å². The number of halogens is 3. The Labute approximate surface area is 131 Å². The molecule has 0 fully saturated rings. The van der Waals surface area contributed by atoms with Crippen molar-refractivity contribution in [2.24, 2.45) is 5.73 Å². The Hall–Kier alpha value is -0.740. The second-order valence-electron chi connectivity index (χ2n) is 4.08. The third-order valence-corrected chi connectivity index (χ3v) is 4.33. The van der Waals surface area contributed by atoms with Gasteiger partial charge < -0.3 is 11.1 Å². The van der Waals surface area contributed by atoms with E-state index in [9.17, 15) is 0 Å². The Kier molecular flexibility index (Phi) is 5.11. The van der Waals surface area contributed by atoms with Gasteiger partial charge >= 0.3 is 0 Å². The normalized spacial score (nSPS) is 12.2. The minimum Gasteiger partial charge on any atom is -0.377 e. The number of hydrogen-bond donors (Lipinski definition) is 2. The molecular formula is C14H13BrCl2N2. The van der Waals surface area contributed by atoms with Gasteiger partial charge in [-0.1, -0.05) is 41.4 Å². The lowest BCUT2D eigenvalue weighted by Gasteiger charge is -2.20. The summed E-state index contributed by atoms with van der Waals surface area (Å²) in [6.45, 7) is 0.448. The van der Waals surface area contributed by atoms with E-state index in [2.05, 4.69) is 21.2 Å². The molecule has 0 radical (unpaired) electrons. The molecule has 19 heavy (non-hydrogen) atoms. The minimum absolute atomic E-state index is 0.0400. The van der Waals surface area contributed by atoms with Gasteiger partial charge in [-0.2, -0.15) is 0 Å². The van der Waals surface area contributed by atoms with Crippen molar-refractivity contribution in [3.63, 3.8) is 0 Å². The van der Waals surface area contributed by atoms with Gasteiger partial charge in [0.05, 0.1) is 11.1 Å². The number of nitrogens with one attached hydrogen (secondary N) is 1. The summed E-state index contributed by atoms with van der Waals surface area (Å²) in [5.74, 6) is 0. The molecular weight excluding hydrogens is 347 g/mol. The quantitative estimate of drug-likeness (QED) is 0.817. The van der Waals surface area contributed by atoms with Crippen molar-refractivity contribution in [2.75, 3.05) is 11.9 Å². The second kappa shape index (κ2) is 6.62. The third kappa shape index (κ3) is 3.63. The van der Waals surface area contributed by atoms with Crippen molar-refractivity contribution in [2.45, 2.75) is 6.04 Å². The van der Waals surface area contributed by atoms with Crippen molar-refractivity contribution >= 4 is 44.8 Å². The molecule has 2 aromatic rings. The Morgan fingerprint density at radius 2 is 1.84 bits per heavy atom. The van der Waals surface area contributed by atoms with Gasteiger partial charge in [0.2, 0.25) is 0 Å². The standard InChI is InChI=1S/C14H13BrCl2N2/c15-11-7-9(5-6-13(11)17)19-14(8-18)10-3-1-2-4-12(10)16/h1-7,14,19H,8,18H2. The van der Waals surface area contributed by atoms with Crippen LogP contribution in [-0.2, 0) is 0 Å². The van der Waals surface area contributed by atoms with Gasteiger partial charge in [-0.3, -0.25) is 0 Å². The van der Waals surface area contributed by atoms with E-state index in [0.717, 1.165) is 15.7 Å². The Balaban J connectivity index is 2.24. The van der Waals surface area contributed by atoms with Crippen molar-refractivity contribution in [3.8, 4) is 0 Å². The molecule has 100 valence electrons. The van der Waals surface area contributed by atoms with Gasteiger partial charge in [0, 0.05) is 21.7 Å². The first-order chi connectivity index (χ1) is 9.11. The number of hydrogen-bond acceptors (Lipinski definition) is 2. The highest BCUT2D eigenvalue weighted by molar-refractivity contribution is 9.10. The summed E-state index contributed by atoms with van der Waals surface area (Å²) in [6.07, 6.45) is 0. The fourth-order valence-electron chi connectivity index (χ4n) is 1.81. The van der Waals surface area contributed by atoms with Gasteiger partial charge in [-0.15, -0.1) is 0 Å². The summed E-state index contributed by atoms with van der Waals surface area (Å²) in [4.78, 5) is 0. The number of benzene rings is 2. The van der Waals surface area contributed by atoms with Crippen molar-refractivity contribution in [3.05, 3.63) is 62.5 Å². The van der Waals surface area contributed by atoms with Crippen molar-refractivity contribution in [1.82, 2.24) is 0 Å². The molecule has 1 atom stereocenters. The van der Waals surface area contributed by atoms with Crippen LogP contribution in [0.3, 0.4) is 0 Å². The molecule has 2 aromatic carbocycles. The first-order valence-corrected chi connectivity index (χ1v) is 7.33. The molecule has 0 aromatic heterocycles. The van der Waals surface area contributed by atoms with E-state index in [-0.39, 0.29) is 6.04 Å². The summed E-state index contributed by atoms with van der Waals surface area (Å²) < 4.78 is 0.842.